The number of allylic oxidation sites excluding steroid dienone is 1. The average Bonchev–Trinajstić information content (AvgIpc) is 2.93. The van der Waals surface area contributed by atoms with Crippen LogP contribution in [0.3, 0.4) is 0 Å². The normalized spacial score (nSPS) is 15.4. The van der Waals surface area contributed by atoms with Crippen LogP contribution in [0, 0.1) is 6.92 Å². The highest BCUT2D eigenvalue weighted by molar-refractivity contribution is 6.23. The van der Waals surface area contributed by atoms with Crippen LogP contribution in [0.5, 0.6) is 5.75 Å². The second kappa shape index (κ2) is 8.13. The van der Waals surface area contributed by atoms with E-state index >= 15 is 0 Å². The maximum absolute atomic E-state index is 13.3. The van der Waals surface area contributed by atoms with Crippen LogP contribution < -0.4 is 9.64 Å². The van der Waals surface area contributed by atoms with E-state index < -0.39 is 5.97 Å². The molecule has 0 aliphatic carbocycles. The van der Waals surface area contributed by atoms with Crippen LogP contribution in [0.25, 0.3) is 6.08 Å². The van der Waals surface area contributed by atoms with Crippen molar-refractivity contribution in [1.82, 2.24) is 0 Å². The smallest absolute Gasteiger partial charge is 0.340 e. The van der Waals surface area contributed by atoms with Crippen molar-refractivity contribution in [2.45, 2.75) is 20.8 Å². The minimum atomic E-state index is -0.541. The minimum absolute atomic E-state index is 0.264. The summed E-state index contributed by atoms with van der Waals surface area (Å²) in [7, 11) is 1.31. The predicted molar refractivity (Wildman–Crippen MR) is 109 cm³/mol. The summed E-state index contributed by atoms with van der Waals surface area (Å²) in [6, 6.07) is 15.0. The van der Waals surface area contributed by atoms with E-state index in [4.69, 9.17) is 9.47 Å². The van der Waals surface area contributed by atoms with Gasteiger partial charge in [0.15, 0.2) is 0 Å². The third-order valence-corrected chi connectivity index (χ3v) is 4.57. The van der Waals surface area contributed by atoms with Crippen molar-refractivity contribution in [3.05, 3.63) is 76.5 Å². The zero-order valence-corrected chi connectivity index (χ0v) is 16.5. The van der Waals surface area contributed by atoms with Crippen molar-refractivity contribution in [1.29, 1.82) is 0 Å². The first-order chi connectivity index (χ1) is 13.5. The second-order valence-corrected chi connectivity index (χ2v) is 6.46. The van der Waals surface area contributed by atoms with E-state index in [1.54, 1.807) is 17.9 Å². The van der Waals surface area contributed by atoms with Crippen molar-refractivity contribution in [3.8, 4) is 5.75 Å². The molecule has 2 aromatic rings. The highest BCUT2D eigenvalue weighted by Crippen LogP contribution is 2.36. The number of ether oxygens (including phenoxy) is 2. The Hall–Kier alpha value is -3.34. The van der Waals surface area contributed by atoms with Gasteiger partial charge < -0.3 is 9.47 Å². The summed E-state index contributed by atoms with van der Waals surface area (Å²) in [5, 5.41) is 0. The van der Waals surface area contributed by atoms with Gasteiger partial charge in [-0.1, -0.05) is 30.3 Å². The molecule has 0 saturated heterocycles. The summed E-state index contributed by atoms with van der Waals surface area (Å²) in [4.78, 5) is 27.3. The third-order valence-electron chi connectivity index (χ3n) is 4.57. The van der Waals surface area contributed by atoms with Crippen LogP contribution in [-0.2, 0) is 14.3 Å². The fourth-order valence-corrected chi connectivity index (χ4v) is 3.30. The summed E-state index contributed by atoms with van der Waals surface area (Å²) in [6.07, 6.45) is 1.69. The molecule has 0 atom stereocenters. The quantitative estimate of drug-likeness (QED) is 0.577. The lowest BCUT2D eigenvalue weighted by molar-refractivity contribution is -0.136. The van der Waals surface area contributed by atoms with E-state index in [-0.39, 0.29) is 17.1 Å². The van der Waals surface area contributed by atoms with E-state index in [1.807, 2.05) is 62.4 Å². The van der Waals surface area contributed by atoms with Gasteiger partial charge in [0.2, 0.25) is 0 Å². The maximum Gasteiger partial charge on any atom is 0.340 e. The van der Waals surface area contributed by atoms with Gasteiger partial charge in [-0.2, -0.15) is 0 Å². The van der Waals surface area contributed by atoms with Crippen LogP contribution in [0.1, 0.15) is 25.0 Å². The number of hydrogen-bond donors (Lipinski definition) is 0. The molecule has 0 unspecified atom stereocenters. The molecule has 0 fully saturated rings. The molecule has 0 spiro atoms. The summed E-state index contributed by atoms with van der Waals surface area (Å²) in [5.41, 5.74) is 3.57. The lowest BCUT2D eigenvalue weighted by Crippen LogP contribution is -2.24. The number of nitrogens with zero attached hydrogens (tertiary/aromatic N) is 1. The number of para-hydroxylation sites is 1. The van der Waals surface area contributed by atoms with E-state index in [0.717, 1.165) is 11.1 Å². The molecular formula is C23H23NO4. The number of benzene rings is 2. The van der Waals surface area contributed by atoms with E-state index in [0.29, 0.717) is 23.7 Å². The number of anilines is 1. The zero-order chi connectivity index (χ0) is 20.3. The number of amides is 1. The van der Waals surface area contributed by atoms with Crippen molar-refractivity contribution < 1.29 is 19.1 Å². The first kappa shape index (κ1) is 19.4. The topological polar surface area (TPSA) is 55.8 Å². The molecule has 5 heteroatoms. The van der Waals surface area contributed by atoms with Gasteiger partial charge in [-0.25, -0.2) is 4.79 Å². The number of rotatable bonds is 5. The minimum Gasteiger partial charge on any atom is -0.493 e. The summed E-state index contributed by atoms with van der Waals surface area (Å²) < 4.78 is 10.6. The molecule has 3 rings (SSSR count). The van der Waals surface area contributed by atoms with Gasteiger partial charge in [-0.3, -0.25) is 9.69 Å². The molecule has 144 valence electrons. The molecule has 1 aliphatic rings. The SMILES string of the molecule is CCOc1ccccc1/C=C1\C(=O)N(c2cccc(C)c2)C(C)=C1C(=O)OC. The van der Waals surface area contributed by atoms with Gasteiger partial charge in [0.05, 0.1) is 24.9 Å². The lowest BCUT2D eigenvalue weighted by Gasteiger charge is -2.18. The number of aryl methyl sites for hydroxylation is 1. The average molecular weight is 377 g/mol. The molecule has 2 aromatic carbocycles. The molecule has 0 saturated carbocycles. The maximum atomic E-state index is 13.3. The predicted octanol–water partition coefficient (Wildman–Crippen LogP) is 4.27. The summed E-state index contributed by atoms with van der Waals surface area (Å²) >= 11 is 0. The van der Waals surface area contributed by atoms with E-state index in [1.165, 1.54) is 7.11 Å². The van der Waals surface area contributed by atoms with Gasteiger partial charge in [-0.05, 0) is 50.6 Å². The Morgan fingerprint density at radius 2 is 1.86 bits per heavy atom. The molecule has 1 amide bonds. The Balaban J connectivity index is 2.16. The van der Waals surface area contributed by atoms with Crippen LogP contribution in [0.2, 0.25) is 0 Å². The lowest BCUT2D eigenvalue weighted by atomic mass is 10.0. The first-order valence-corrected chi connectivity index (χ1v) is 9.12. The number of carbonyl (C=O) groups excluding carboxylic acids is 2. The van der Waals surface area contributed by atoms with Gasteiger partial charge in [0, 0.05) is 16.9 Å². The Morgan fingerprint density at radius 3 is 2.54 bits per heavy atom. The fraction of sp³-hybridized carbons (Fsp3) is 0.217. The third kappa shape index (κ3) is 3.56. The zero-order valence-electron chi connectivity index (χ0n) is 16.5. The fourth-order valence-electron chi connectivity index (χ4n) is 3.30. The molecule has 1 aliphatic heterocycles. The molecule has 28 heavy (non-hydrogen) atoms. The van der Waals surface area contributed by atoms with Gasteiger partial charge in [0.25, 0.3) is 5.91 Å². The van der Waals surface area contributed by atoms with Gasteiger partial charge >= 0.3 is 5.97 Å². The van der Waals surface area contributed by atoms with Gasteiger partial charge in [-0.15, -0.1) is 0 Å². The summed E-state index contributed by atoms with van der Waals surface area (Å²) in [5.74, 6) is -0.155. The molecule has 0 N–H and O–H groups in total. The first-order valence-electron chi connectivity index (χ1n) is 9.12. The highest BCUT2D eigenvalue weighted by atomic mass is 16.5. The summed E-state index contributed by atoms with van der Waals surface area (Å²) in [6.45, 7) is 6.11. The van der Waals surface area contributed by atoms with E-state index in [9.17, 15) is 9.59 Å². The van der Waals surface area contributed by atoms with Crippen LogP contribution in [0.4, 0.5) is 5.69 Å². The Kier molecular flexibility index (Phi) is 5.64. The molecule has 1 heterocycles. The van der Waals surface area contributed by atoms with Crippen molar-refractivity contribution >= 4 is 23.6 Å². The van der Waals surface area contributed by atoms with Crippen LogP contribution >= 0.6 is 0 Å². The van der Waals surface area contributed by atoms with Crippen molar-refractivity contribution in [3.63, 3.8) is 0 Å². The second-order valence-electron chi connectivity index (χ2n) is 6.46. The molecule has 0 radical (unpaired) electrons. The number of methoxy groups -OCH3 is 1. The van der Waals surface area contributed by atoms with E-state index in [2.05, 4.69) is 0 Å². The standard InChI is InChI=1S/C23H23NO4/c1-5-28-20-12-7-6-10-17(20)14-19-21(23(26)27-4)16(3)24(22(19)25)18-11-8-9-15(2)13-18/h6-14H,5H2,1-4H3/b19-14-. The Labute approximate surface area is 164 Å². The molecule has 0 bridgehead atoms. The van der Waals surface area contributed by atoms with Crippen molar-refractivity contribution in [2.75, 3.05) is 18.6 Å². The number of hydrogen-bond acceptors (Lipinski definition) is 4. The Morgan fingerprint density at radius 1 is 1.11 bits per heavy atom. The largest absolute Gasteiger partial charge is 0.493 e. The number of carbonyl (C=O) groups is 2. The Bertz CT molecular complexity index is 988. The monoisotopic (exact) mass is 377 g/mol. The van der Waals surface area contributed by atoms with Crippen LogP contribution in [-0.4, -0.2) is 25.6 Å². The number of esters is 1. The molecular weight excluding hydrogens is 354 g/mol. The molecule has 5 nitrogen and oxygen atoms in total. The molecule has 0 aromatic heterocycles. The van der Waals surface area contributed by atoms with Crippen LogP contribution in [0.15, 0.2) is 65.4 Å². The van der Waals surface area contributed by atoms with Crippen molar-refractivity contribution in [2.24, 2.45) is 0 Å². The van der Waals surface area contributed by atoms with Gasteiger partial charge in [0.1, 0.15) is 5.75 Å². The highest BCUT2D eigenvalue weighted by Gasteiger charge is 2.38.